The molecule has 1 aliphatic carbocycles. The van der Waals surface area contributed by atoms with E-state index in [1.165, 1.54) is 0 Å². The number of aliphatic hydroxyl groups is 1. The number of rotatable bonds is 8. The lowest BCUT2D eigenvalue weighted by molar-refractivity contribution is 0.119. The first-order valence-electron chi connectivity index (χ1n) is 6.55. The monoisotopic (exact) mass is 263 g/mol. The normalized spacial score (nSPS) is 18.1. The Kier molecular flexibility index (Phi) is 5.41. The zero-order valence-corrected chi connectivity index (χ0v) is 11.7. The maximum Gasteiger partial charge on any atom is 0.211 e. The van der Waals surface area contributed by atoms with Gasteiger partial charge in [0, 0.05) is 18.6 Å². The van der Waals surface area contributed by atoms with Crippen LogP contribution in [-0.4, -0.2) is 32.4 Å². The zero-order valence-electron chi connectivity index (χ0n) is 10.9. The molecule has 5 heteroatoms. The van der Waals surface area contributed by atoms with Crippen molar-refractivity contribution in [2.45, 2.75) is 46.0 Å². The number of hydrogen-bond acceptors (Lipinski definition) is 3. The van der Waals surface area contributed by atoms with Crippen molar-refractivity contribution >= 4 is 10.0 Å². The van der Waals surface area contributed by atoms with E-state index < -0.39 is 10.0 Å². The lowest BCUT2D eigenvalue weighted by atomic mass is 9.84. The van der Waals surface area contributed by atoms with Gasteiger partial charge >= 0.3 is 0 Å². The fraction of sp³-hybridized carbons (Fsp3) is 1.00. The van der Waals surface area contributed by atoms with Crippen LogP contribution < -0.4 is 4.72 Å². The fourth-order valence-electron chi connectivity index (χ4n) is 2.07. The zero-order chi connectivity index (χ0) is 12.9. The molecule has 1 fully saturated rings. The van der Waals surface area contributed by atoms with Crippen LogP contribution in [0.3, 0.4) is 0 Å². The second-order valence-corrected chi connectivity index (χ2v) is 7.12. The van der Waals surface area contributed by atoms with Gasteiger partial charge in [0.2, 0.25) is 10.0 Å². The molecule has 4 nitrogen and oxygen atoms in total. The summed E-state index contributed by atoms with van der Waals surface area (Å²) in [7, 11) is -3.17. The van der Waals surface area contributed by atoms with E-state index in [-0.39, 0.29) is 17.8 Å². The van der Waals surface area contributed by atoms with Crippen molar-refractivity contribution in [1.29, 1.82) is 0 Å². The average Bonchev–Trinajstić information content (AvgIpc) is 2.27. The Morgan fingerprint density at radius 1 is 1.29 bits per heavy atom. The van der Waals surface area contributed by atoms with E-state index in [0.29, 0.717) is 12.5 Å². The Morgan fingerprint density at radius 3 is 2.24 bits per heavy atom. The summed E-state index contributed by atoms with van der Waals surface area (Å²) in [6.07, 6.45) is 4.80. The van der Waals surface area contributed by atoms with Crippen LogP contribution in [0.4, 0.5) is 0 Å². The molecule has 102 valence electrons. The van der Waals surface area contributed by atoms with Crippen LogP contribution in [0.2, 0.25) is 0 Å². The number of nitrogens with one attached hydrogen (secondary N) is 1. The molecular formula is C12H25NO3S. The number of hydrogen-bond donors (Lipinski definition) is 2. The maximum absolute atomic E-state index is 11.8. The smallest absolute Gasteiger partial charge is 0.211 e. The summed E-state index contributed by atoms with van der Waals surface area (Å²) in [5.41, 5.74) is -0.299. The van der Waals surface area contributed by atoms with E-state index >= 15 is 0 Å². The molecular weight excluding hydrogens is 238 g/mol. The van der Waals surface area contributed by atoms with Gasteiger partial charge in [-0.05, 0) is 31.6 Å². The molecule has 0 unspecified atom stereocenters. The van der Waals surface area contributed by atoms with Gasteiger partial charge in [0.15, 0.2) is 0 Å². The molecule has 0 aromatic rings. The van der Waals surface area contributed by atoms with Gasteiger partial charge in [-0.25, -0.2) is 13.1 Å². The summed E-state index contributed by atoms with van der Waals surface area (Å²) >= 11 is 0. The van der Waals surface area contributed by atoms with Crippen LogP contribution in [0.1, 0.15) is 46.0 Å². The van der Waals surface area contributed by atoms with Crippen molar-refractivity contribution in [3.05, 3.63) is 0 Å². The molecule has 0 aromatic heterocycles. The van der Waals surface area contributed by atoms with Crippen LogP contribution in [0.25, 0.3) is 0 Å². The Hall–Kier alpha value is -0.130. The first-order chi connectivity index (χ1) is 7.97. The topological polar surface area (TPSA) is 66.4 Å². The SMILES string of the molecule is CCC(CC)(CO)CNS(=O)(=O)CC1CCC1. The minimum atomic E-state index is -3.17. The van der Waals surface area contributed by atoms with E-state index in [1.54, 1.807) is 0 Å². The molecule has 0 bridgehead atoms. The van der Waals surface area contributed by atoms with Crippen molar-refractivity contribution in [1.82, 2.24) is 4.72 Å². The summed E-state index contributed by atoms with van der Waals surface area (Å²) in [6.45, 7) is 4.36. The summed E-state index contributed by atoms with van der Waals surface area (Å²) in [5.74, 6) is 0.598. The van der Waals surface area contributed by atoms with Crippen LogP contribution in [-0.2, 0) is 10.0 Å². The second-order valence-electron chi connectivity index (χ2n) is 5.26. The first-order valence-corrected chi connectivity index (χ1v) is 8.20. The van der Waals surface area contributed by atoms with Gasteiger partial charge in [0.1, 0.15) is 0 Å². The van der Waals surface area contributed by atoms with Gasteiger partial charge < -0.3 is 5.11 Å². The molecule has 0 amide bonds. The van der Waals surface area contributed by atoms with Crippen molar-refractivity contribution in [2.75, 3.05) is 18.9 Å². The standard InChI is InChI=1S/C12H25NO3S/c1-3-12(4-2,10-14)9-13-17(15,16)8-11-6-5-7-11/h11,13-14H,3-10H2,1-2H3. The molecule has 1 rings (SSSR count). The van der Waals surface area contributed by atoms with E-state index in [9.17, 15) is 13.5 Å². The molecule has 2 N–H and O–H groups in total. The predicted octanol–water partition coefficient (Wildman–Crippen LogP) is 1.50. The highest BCUT2D eigenvalue weighted by Crippen LogP contribution is 2.28. The molecule has 0 saturated heterocycles. The molecule has 1 saturated carbocycles. The molecule has 0 spiro atoms. The first kappa shape index (κ1) is 14.9. The van der Waals surface area contributed by atoms with Crippen molar-refractivity contribution in [3.63, 3.8) is 0 Å². The number of aliphatic hydroxyl groups excluding tert-OH is 1. The minimum Gasteiger partial charge on any atom is -0.396 e. The highest BCUT2D eigenvalue weighted by molar-refractivity contribution is 7.89. The molecule has 1 aliphatic rings. The molecule has 0 heterocycles. The highest BCUT2D eigenvalue weighted by Gasteiger charge is 2.29. The maximum atomic E-state index is 11.8. The minimum absolute atomic E-state index is 0.0337. The van der Waals surface area contributed by atoms with Crippen molar-refractivity contribution < 1.29 is 13.5 Å². The Morgan fingerprint density at radius 2 is 1.88 bits per heavy atom. The van der Waals surface area contributed by atoms with Crippen molar-refractivity contribution in [3.8, 4) is 0 Å². The van der Waals surface area contributed by atoms with Crippen LogP contribution in [0, 0.1) is 11.3 Å². The number of sulfonamides is 1. The third kappa shape index (κ3) is 4.23. The van der Waals surface area contributed by atoms with Crippen LogP contribution >= 0.6 is 0 Å². The summed E-state index contributed by atoms with van der Waals surface area (Å²) in [4.78, 5) is 0. The average molecular weight is 263 g/mol. The van der Waals surface area contributed by atoms with Crippen LogP contribution in [0.5, 0.6) is 0 Å². The summed E-state index contributed by atoms with van der Waals surface area (Å²) in [5, 5.41) is 9.38. The van der Waals surface area contributed by atoms with Gasteiger partial charge in [-0.3, -0.25) is 0 Å². The third-order valence-corrected chi connectivity index (χ3v) is 5.68. The molecule has 0 radical (unpaired) electrons. The molecule has 0 aliphatic heterocycles. The van der Waals surface area contributed by atoms with Crippen LogP contribution in [0.15, 0.2) is 0 Å². The second kappa shape index (κ2) is 6.16. The van der Waals surface area contributed by atoms with Gasteiger partial charge in [-0.2, -0.15) is 0 Å². The molecule has 0 aromatic carbocycles. The lowest BCUT2D eigenvalue weighted by Crippen LogP contribution is -2.41. The van der Waals surface area contributed by atoms with E-state index in [4.69, 9.17) is 0 Å². The van der Waals surface area contributed by atoms with E-state index in [0.717, 1.165) is 32.1 Å². The molecule has 17 heavy (non-hydrogen) atoms. The summed E-state index contributed by atoms with van der Waals surface area (Å²) < 4.78 is 26.3. The highest BCUT2D eigenvalue weighted by atomic mass is 32.2. The third-order valence-electron chi connectivity index (χ3n) is 4.18. The summed E-state index contributed by atoms with van der Waals surface area (Å²) in [6, 6.07) is 0. The van der Waals surface area contributed by atoms with E-state index in [2.05, 4.69) is 4.72 Å². The van der Waals surface area contributed by atoms with Gasteiger partial charge in [0.05, 0.1) is 5.75 Å². The quantitative estimate of drug-likeness (QED) is 0.697. The largest absolute Gasteiger partial charge is 0.396 e. The van der Waals surface area contributed by atoms with Gasteiger partial charge in [-0.15, -0.1) is 0 Å². The predicted molar refractivity (Wildman–Crippen MR) is 69.2 cm³/mol. The molecule has 0 atom stereocenters. The Labute approximate surface area is 105 Å². The van der Waals surface area contributed by atoms with Gasteiger partial charge in [0.25, 0.3) is 0 Å². The Bertz CT molecular complexity index is 310. The fourth-order valence-corrected chi connectivity index (χ4v) is 3.67. The van der Waals surface area contributed by atoms with Crippen molar-refractivity contribution in [2.24, 2.45) is 11.3 Å². The Balaban J connectivity index is 2.46. The van der Waals surface area contributed by atoms with Gasteiger partial charge in [-0.1, -0.05) is 20.3 Å². The lowest BCUT2D eigenvalue weighted by Gasteiger charge is -2.30. The van der Waals surface area contributed by atoms with E-state index in [1.807, 2.05) is 13.8 Å².